The molecule has 1 unspecified atom stereocenters. The second-order valence-electron chi connectivity index (χ2n) is 5.51. The third kappa shape index (κ3) is 5.27. The number of sulfone groups is 1. The molecule has 0 saturated heterocycles. The van der Waals surface area contributed by atoms with Crippen molar-refractivity contribution in [3.8, 4) is 11.5 Å². The van der Waals surface area contributed by atoms with Crippen LogP contribution in [0.2, 0.25) is 0 Å². The van der Waals surface area contributed by atoms with E-state index < -0.39 is 21.7 Å². The van der Waals surface area contributed by atoms with E-state index in [1.165, 1.54) is 60.9 Å². The number of carbonyl (C=O) groups is 1. The van der Waals surface area contributed by atoms with E-state index in [1.807, 2.05) is 0 Å². The fraction of sp³-hybridized carbons (Fsp3) is 0.235. The molecule has 0 fully saturated rings. The first-order chi connectivity index (χ1) is 11.8. The van der Waals surface area contributed by atoms with E-state index in [1.54, 1.807) is 0 Å². The highest BCUT2D eigenvalue weighted by molar-refractivity contribution is 7.91. The molecule has 0 aromatic heterocycles. The molecule has 2 N–H and O–H groups in total. The van der Waals surface area contributed by atoms with Crippen molar-refractivity contribution >= 4 is 15.7 Å². The Morgan fingerprint density at radius 2 is 1.64 bits per heavy atom. The summed E-state index contributed by atoms with van der Waals surface area (Å²) in [7, 11) is -3.56. The molecule has 0 spiro atoms. The zero-order chi connectivity index (χ0) is 18.4. The van der Waals surface area contributed by atoms with Crippen LogP contribution in [0.15, 0.2) is 53.4 Å². The molecule has 6 nitrogen and oxygen atoms in total. The Bertz CT molecular complexity index is 819. The number of ether oxygens (including phenoxy) is 1. The fourth-order valence-corrected chi connectivity index (χ4v) is 3.50. The Morgan fingerprint density at radius 1 is 1.12 bits per heavy atom. The smallest absolute Gasteiger partial charge is 0.246 e. The van der Waals surface area contributed by atoms with Crippen molar-refractivity contribution in [2.75, 3.05) is 5.75 Å². The van der Waals surface area contributed by atoms with Crippen LogP contribution in [-0.4, -0.2) is 25.3 Å². The Morgan fingerprint density at radius 3 is 2.16 bits per heavy atom. The zero-order valence-electron chi connectivity index (χ0n) is 13.5. The summed E-state index contributed by atoms with van der Waals surface area (Å²) in [5, 5.41) is 8.53. The van der Waals surface area contributed by atoms with E-state index in [0.717, 1.165) is 0 Å². The molecule has 2 aromatic rings. The molecule has 0 aliphatic rings. The summed E-state index contributed by atoms with van der Waals surface area (Å²) in [6.45, 7) is 1.53. The average molecular weight is 367 g/mol. The molecule has 25 heavy (non-hydrogen) atoms. The molecule has 0 saturated carbocycles. The number of rotatable bonds is 7. The first-order valence-electron chi connectivity index (χ1n) is 7.52. The van der Waals surface area contributed by atoms with Gasteiger partial charge < -0.3 is 4.74 Å². The van der Waals surface area contributed by atoms with Gasteiger partial charge in [0.05, 0.1) is 10.6 Å². The lowest BCUT2D eigenvalue weighted by molar-refractivity contribution is -0.132. The van der Waals surface area contributed by atoms with Gasteiger partial charge in [-0.1, -0.05) is 6.92 Å². The van der Waals surface area contributed by atoms with E-state index in [9.17, 15) is 17.6 Å². The van der Waals surface area contributed by atoms with Gasteiger partial charge >= 0.3 is 0 Å². The number of amides is 1. The third-order valence-corrected chi connectivity index (χ3v) is 5.37. The van der Waals surface area contributed by atoms with E-state index >= 15 is 0 Å². The van der Waals surface area contributed by atoms with Gasteiger partial charge in [0, 0.05) is 5.92 Å². The predicted octanol–water partition coefficient (Wildman–Crippen LogP) is 2.92. The van der Waals surface area contributed by atoms with Crippen LogP contribution >= 0.6 is 0 Å². The van der Waals surface area contributed by atoms with Gasteiger partial charge in [-0.3, -0.25) is 10.0 Å². The largest absolute Gasteiger partial charge is 0.457 e. The lowest BCUT2D eigenvalue weighted by atomic mass is 10.1. The number of benzene rings is 2. The second-order valence-corrected chi connectivity index (χ2v) is 7.62. The van der Waals surface area contributed by atoms with Crippen molar-refractivity contribution in [2.24, 2.45) is 5.92 Å². The number of carbonyl (C=O) groups excluding carboxylic acids is 1. The monoisotopic (exact) mass is 367 g/mol. The van der Waals surface area contributed by atoms with Crippen molar-refractivity contribution < 1.29 is 27.5 Å². The number of hydrogen-bond donors (Lipinski definition) is 2. The summed E-state index contributed by atoms with van der Waals surface area (Å²) < 4.78 is 42.9. The van der Waals surface area contributed by atoms with Gasteiger partial charge in [-0.2, -0.15) is 0 Å². The fourth-order valence-electron chi connectivity index (χ4n) is 2.04. The summed E-state index contributed by atoms with van der Waals surface area (Å²) in [5.41, 5.74) is 1.50. The Kier molecular flexibility index (Phi) is 6.11. The van der Waals surface area contributed by atoms with Gasteiger partial charge in [0.15, 0.2) is 9.84 Å². The second kappa shape index (κ2) is 8.09. The van der Waals surface area contributed by atoms with Crippen LogP contribution in [-0.2, 0) is 14.6 Å². The van der Waals surface area contributed by atoms with Crippen molar-refractivity contribution in [1.82, 2.24) is 5.48 Å². The van der Waals surface area contributed by atoms with Gasteiger partial charge in [0.2, 0.25) is 5.91 Å². The van der Waals surface area contributed by atoms with Gasteiger partial charge in [-0.05, 0) is 55.0 Å². The standard InChI is InChI=1S/C17H18FNO5S/c1-12(17(20)19-21)10-11-25(22,23)16-8-6-15(7-9-16)24-14-4-2-13(18)3-5-14/h2-9,12,21H,10-11H2,1H3,(H,19,20). The first kappa shape index (κ1) is 18.9. The van der Waals surface area contributed by atoms with Crippen LogP contribution in [0.4, 0.5) is 4.39 Å². The van der Waals surface area contributed by atoms with Crippen molar-refractivity contribution in [3.05, 3.63) is 54.3 Å². The highest BCUT2D eigenvalue weighted by Gasteiger charge is 2.19. The Balaban J connectivity index is 2.02. The number of nitrogens with one attached hydrogen (secondary N) is 1. The van der Waals surface area contributed by atoms with E-state index in [2.05, 4.69) is 0 Å². The normalized spacial score (nSPS) is 12.4. The van der Waals surface area contributed by atoms with Crippen molar-refractivity contribution in [1.29, 1.82) is 0 Å². The molecule has 0 radical (unpaired) electrons. The lowest BCUT2D eigenvalue weighted by Gasteiger charge is -2.10. The molecular weight excluding hydrogens is 349 g/mol. The molecule has 0 heterocycles. The lowest BCUT2D eigenvalue weighted by Crippen LogP contribution is -2.27. The molecule has 134 valence electrons. The quantitative estimate of drug-likeness (QED) is 0.580. The first-order valence-corrected chi connectivity index (χ1v) is 9.17. The van der Waals surface area contributed by atoms with Gasteiger partial charge in [-0.25, -0.2) is 18.3 Å². The van der Waals surface area contributed by atoms with Crippen LogP contribution in [0.5, 0.6) is 11.5 Å². The van der Waals surface area contributed by atoms with Gasteiger partial charge in [-0.15, -0.1) is 0 Å². The number of hydrogen-bond acceptors (Lipinski definition) is 5. The predicted molar refractivity (Wildman–Crippen MR) is 88.7 cm³/mol. The molecule has 2 rings (SSSR count). The molecule has 0 aliphatic heterocycles. The minimum absolute atomic E-state index is 0.0859. The molecule has 8 heteroatoms. The maximum Gasteiger partial charge on any atom is 0.246 e. The van der Waals surface area contributed by atoms with E-state index in [-0.39, 0.29) is 22.9 Å². The minimum atomic E-state index is -3.56. The zero-order valence-corrected chi connectivity index (χ0v) is 14.3. The summed E-state index contributed by atoms with van der Waals surface area (Å²) in [4.78, 5) is 11.3. The van der Waals surface area contributed by atoms with Crippen LogP contribution < -0.4 is 10.2 Å². The molecule has 1 amide bonds. The average Bonchev–Trinajstić information content (AvgIpc) is 2.61. The number of halogens is 1. The van der Waals surface area contributed by atoms with Crippen molar-refractivity contribution in [3.63, 3.8) is 0 Å². The van der Waals surface area contributed by atoms with E-state index in [4.69, 9.17) is 9.94 Å². The summed E-state index contributed by atoms with van der Waals surface area (Å²) >= 11 is 0. The van der Waals surface area contributed by atoms with Crippen LogP contribution in [0.3, 0.4) is 0 Å². The van der Waals surface area contributed by atoms with Crippen molar-refractivity contribution in [2.45, 2.75) is 18.2 Å². The summed E-state index contributed by atoms with van der Waals surface area (Å²) in [6, 6.07) is 11.3. The van der Waals surface area contributed by atoms with Gasteiger partial charge in [0.25, 0.3) is 0 Å². The Hall–Kier alpha value is -2.45. The number of hydroxylamine groups is 1. The molecule has 1 atom stereocenters. The SMILES string of the molecule is CC(CCS(=O)(=O)c1ccc(Oc2ccc(F)cc2)cc1)C(=O)NO. The molecule has 2 aromatic carbocycles. The van der Waals surface area contributed by atoms with Crippen LogP contribution in [0.1, 0.15) is 13.3 Å². The molecule has 0 bridgehead atoms. The third-order valence-electron chi connectivity index (χ3n) is 3.61. The molecule has 0 aliphatic carbocycles. The molecular formula is C17H18FNO5S. The maximum absolute atomic E-state index is 12.9. The van der Waals surface area contributed by atoms with Crippen LogP contribution in [0, 0.1) is 11.7 Å². The van der Waals surface area contributed by atoms with Crippen LogP contribution in [0.25, 0.3) is 0 Å². The minimum Gasteiger partial charge on any atom is -0.457 e. The summed E-state index contributed by atoms with van der Waals surface area (Å²) in [6.07, 6.45) is 0.0859. The topological polar surface area (TPSA) is 92.7 Å². The van der Waals surface area contributed by atoms with Gasteiger partial charge in [0.1, 0.15) is 17.3 Å². The summed E-state index contributed by atoms with van der Waals surface area (Å²) in [5.74, 6) is -1.00. The maximum atomic E-state index is 12.9. The highest BCUT2D eigenvalue weighted by atomic mass is 32.2. The highest BCUT2D eigenvalue weighted by Crippen LogP contribution is 2.24. The van der Waals surface area contributed by atoms with E-state index in [0.29, 0.717) is 11.5 Å². The Labute approximate surface area is 145 Å².